The molecule has 1 atom stereocenters. The lowest BCUT2D eigenvalue weighted by Gasteiger charge is -2.13. The van der Waals surface area contributed by atoms with Gasteiger partial charge in [0, 0.05) is 12.8 Å². The molecular weight excluding hydrogens is 250 g/mol. The van der Waals surface area contributed by atoms with Gasteiger partial charge in [-0.3, -0.25) is 0 Å². The van der Waals surface area contributed by atoms with Gasteiger partial charge in [-0.05, 0) is 30.2 Å². The van der Waals surface area contributed by atoms with Crippen LogP contribution in [0.15, 0.2) is 29.2 Å². The van der Waals surface area contributed by atoms with E-state index in [-0.39, 0.29) is 4.90 Å². The zero-order chi connectivity index (χ0) is 13.8. The largest absolute Gasteiger partial charge is 0.387 e. The molecule has 102 valence electrons. The van der Waals surface area contributed by atoms with Crippen LogP contribution in [0.2, 0.25) is 0 Å². The summed E-state index contributed by atoms with van der Waals surface area (Å²) >= 11 is 0. The summed E-state index contributed by atoms with van der Waals surface area (Å²) in [5.41, 5.74) is 0.721. The number of benzene rings is 1. The van der Waals surface area contributed by atoms with Crippen molar-refractivity contribution in [1.29, 1.82) is 0 Å². The number of aliphatic hydroxyl groups excluding tert-OH is 1. The van der Waals surface area contributed by atoms with Crippen LogP contribution >= 0.6 is 0 Å². The van der Waals surface area contributed by atoms with Gasteiger partial charge >= 0.3 is 0 Å². The molecule has 0 saturated carbocycles. The highest BCUT2D eigenvalue weighted by Gasteiger charge is 2.10. The van der Waals surface area contributed by atoms with Crippen molar-refractivity contribution in [3.8, 4) is 0 Å². The molecule has 0 bridgehead atoms. The van der Waals surface area contributed by atoms with Gasteiger partial charge in [-0.25, -0.2) is 8.42 Å². The van der Waals surface area contributed by atoms with Crippen molar-refractivity contribution in [3.63, 3.8) is 0 Å². The molecule has 0 radical (unpaired) electrons. The van der Waals surface area contributed by atoms with Crippen LogP contribution < -0.4 is 5.32 Å². The molecule has 0 aliphatic rings. The fourth-order valence-corrected chi connectivity index (χ4v) is 2.19. The normalized spacial score (nSPS) is 13.8. The maximum atomic E-state index is 11.3. The highest BCUT2D eigenvalue weighted by Crippen LogP contribution is 2.15. The lowest BCUT2D eigenvalue weighted by molar-refractivity contribution is 0.173. The molecule has 1 rings (SSSR count). The molecule has 0 saturated heterocycles. The van der Waals surface area contributed by atoms with E-state index in [4.69, 9.17) is 0 Å². The first-order valence-corrected chi connectivity index (χ1v) is 7.88. The number of sulfone groups is 1. The van der Waals surface area contributed by atoms with Crippen molar-refractivity contribution in [3.05, 3.63) is 29.8 Å². The Hall–Kier alpha value is -0.910. The van der Waals surface area contributed by atoms with Gasteiger partial charge in [-0.2, -0.15) is 0 Å². The molecular formula is C13H21NO3S. The van der Waals surface area contributed by atoms with Gasteiger partial charge in [0.25, 0.3) is 0 Å². The SMILES string of the molecule is CC(C)CNCC(O)c1ccc(S(C)(=O)=O)cc1. The summed E-state index contributed by atoms with van der Waals surface area (Å²) in [5, 5.41) is 13.1. The molecule has 0 fully saturated rings. The summed E-state index contributed by atoms with van der Waals surface area (Å²) < 4.78 is 22.6. The first-order valence-electron chi connectivity index (χ1n) is 5.99. The molecule has 0 amide bonds. The van der Waals surface area contributed by atoms with Crippen molar-refractivity contribution in [1.82, 2.24) is 5.32 Å². The van der Waals surface area contributed by atoms with E-state index in [1.165, 1.54) is 18.4 Å². The lowest BCUT2D eigenvalue weighted by atomic mass is 10.1. The topological polar surface area (TPSA) is 66.4 Å². The average Bonchev–Trinajstić information content (AvgIpc) is 2.27. The fourth-order valence-electron chi connectivity index (χ4n) is 1.56. The molecule has 0 aliphatic carbocycles. The minimum Gasteiger partial charge on any atom is -0.387 e. The Morgan fingerprint density at radius 2 is 1.72 bits per heavy atom. The molecule has 1 unspecified atom stereocenters. The second-order valence-corrected chi connectivity index (χ2v) is 6.92. The van der Waals surface area contributed by atoms with Crippen molar-refractivity contribution < 1.29 is 13.5 Å². The smallest absolute Gasteiger partial charge is 0.175 e. The molecule has 0 spiro atoms. The highest BCUT2D eigenvalue weighted by atomic mass is 32.2. The van der Waals surface area contributed by atoms with Crippen LogP contribution in [0, 0.1) is 5.92 Å². The Kier molecular flexibility index (Phi) is 5.31. The van der Waals surface area contributed by atoms with Crippen LogP contribution in [0.25, 0.3) is 0 Å². The van der Waals surface area contributed by atoms with Gasteiger partial charge in [0.2, 0.25) is 0 Å². The Morgan fingerprint density at radius 1 is 1.17 bits per heavy atom. The number of aliphatic hydroxyl groups is 1. The Morgan fingerprint density at radius 3 is 2.17 bits per heavy atom. The van der Waals surface area contributed by atoms with Crippen molar-refractivity contribution >= 4 is 9.84 Å². The summed E-state index contributed by atoms with van der Waals surface area (Å²) in [6.07, 6.45) is 0.556. The first kappa shape index (κ1) is 15.1. The van der Waals surface area contributed by atoms with Crippen LogP contribution in [0.4, 0.5) is 0 Å². The maximum absolute atomic E-state index is 11.3. The molecule has 5 heteroatoms. The van der Waals surface area contributed by atoms with Crippen LogP contribution in [0.1, 0.15) is 25.5 Å². The second kappa shape index (κ2) is 6.31. The first-order chi connectivity index (χ1) is 8.30. The van der Waals surface area contributed by atoms with E-state index in [1.54, 1.807) is 12.1 Å². The summed E-state index contributed by atoms with van der Waals surface area (Å²) in [4.78, 5) is 0.272. The molecule has 1 aromatic rings. The molecule has 0 aromatic heterocycles. The van der Waals surface area contributed by atoms with Gasteiger partial charge in [0.05, 0.1) is 11.0 Å². The Balaban J connectivity index is 2.62. The second-order valence-electron chi connectivity index (χ2n) is 4.91. The van der Waals surface area contributed by atoms with E-state index in [0.717, 1.165) is 12.1 Å². The van der Waals surface area contributed by atoms with Crippen LogP contribution in [0.3, 0.4) is 0 Å². The van der Waals surface area contributed by atoms with Gasteiger partial charge in [-0.1, -0.05) is 26.0 Å². The minimum absolute atomic E-state index is 0.272. The zero-order valence-electron chi connectivity index (χ0n) is 11.1. The van der Waals surface area contributed by atoms with Gasteiger partial charge in [0.1, 0.15) is 0 Å². The number of hydrogen-bond donors (Lipinski definition) is 2. The maximum Gasteiger partial charge on any atom is 0.175 e. The minimum atomic E-state index is -3.17. The van der Waals surface area contributed by atoms with Gasteiger partial charge in [-0.15, -0.1) is 0 Å². The molecule has 1 aromatic carbocycles. The van der Waals surface area contributed by atoms with E-state index in [1.807, 2.05) is 0 Å². The molecule has 0 heterocycles. The van der Waals surface area contributed by atoms with Gasteiger partial charge in [0.15, 0.2) is 9.84 Å². The quantitative estimate of drug-likeness (QED) is 0.820. The monoisotopic (exact) mass is 271 g/mol. The fraction of sp³-hybridized carbons (Fsp3) is 0.538. The lowest BCUT2D eigenvalue weighted by Crippen LogP contribution is -2.25. The molecule has 18 heavy (non-hydrogen) atoms. The van der Waals surface area contributed by atoms with Crippen LogP contribution in [-0.2, 0) is 9.84 Å². The van der Waals surface area contributed by atoms with Gasteiger partial charge < -0.3 is 10.4 Å². The third-order valence-corrected chi connectivity index (χ3v) is 3.71. The number of hydrogen-bond acceptors (Lipinski definition) is 4. The van der Waals surface area contributed by atoms with Crippen molar-refractivity contribution in [2.24, 2.45) is 5.92 Å². The van der Waals surface area contributed by atoms with Crippen molar-refractivity contribution in [2.45, 2.75) is 24.8 Å². The summed E-state index contributed by atoms with van der Waals surface area (Å²) in [6, 6.07) is 6.35. The highest BCUT2D eigenvalue weighted by molar-refractivity contribution is 7.90. The summed E-state index contributed by atoms with van der Waals surface area (Å²) in [6.45, 7) is 5.51. The number of rotatable bonds is 6. The predicted octanol–water partition coefficient (Wildman–Crippen LogP) is 1.37. The Bertz CT molecular complexity index is 466. The zero-order valence-corrected chi connectivity index (χ0v) is 11.9. The third kappa shape index (κ3) is 4.76. The van der Waals surface area contributed by atoms with E-state index >= 15 is 0 Å². The van der Waals surface area contributed by atoms with Crippen LogP contribution in [0.5, 0.6) is 0 Å². The molecule has 4 nitrogen and oxygen atoms in total. The van der Waals surface area contributed by atoms with E-state index in [9.17, 15) is 13.5 Å². The predicted molar refractivity (Wildman–Crippen MR) is 72.2 cm³/mol. The number of nitrogens with one attached hydrogen (secondary N) is 1. The van der Waals surface area contributed by atoms with E-state index < -0.39 is 15.9 Å². The van der Waals surface area contributed by atoms with E-state index in [0.29, 0.717) is 12.5 Å². The van der Waals surface area contributed by atoms with Crippen LogP contribution in [-0.4, -0.2) is 32.9 Å². The summed E-state index contributed by atoms with van der Waals surface area (Å²) in [7, 11) is -3.17. The van der Waals surface area contributed by atoms with Crippen molar-refractivity contribution in [2.75, 3.05) is 19.3 Å². The third-order valence-electron chi connectivity index (χ3n) is 2.58. The average molecular weight is 271 g/mol. The standard InChI is InChI=1S/C13H21NO3S/c1-10(2)8-14-9-13(15)11-4-6-12(7-5-11)18(3,16)17/h4-7,10,13-15H,8-9H2,1-3H3. The molecule has 2 N–H and O–H groups in total. The Labute approximate surface area is 109 Å². The summed E-state index contributed by atoms with van der Waals surface area (Å²) in [5.74, 6) is 0.532. The molecule has 0 aliphatic heterocycles. The van der Waals surface area contributed by atoms with E-state index in [2.05, 4.69) is 19.2 Å².